The van der Waals surface area contributed by atoms with E-state index in [2.05, 4.69) is 28.2 Å². The third-order valence-electron chi connectivity index (χ3n) is 3.96. The molecule has 5 heteroatoms. The summed E-state index contributed by atoms with van der Waals surface area (Å²) in [4.78, 5) is 0. The molecule has 3 N–H and O–H groups in total. The van der Waals surface area contributed by atoms with Gasteiger partial charge in [0.2, 0.25) is 0 Å². The number of anilines is 1. The van der Waals surface area contributed by atoms with Gasteiger partial charge in [-0.15, -0.1) is 0 Å². The topological polar surface area (TPSA) is 51.2 Å². The highest BCUT2D eigenvalue weighted by molar-refractivity contribution is 9.10. The number of rotatable bonds is 5. The van der Waals surface area contributed by atoms with Crippen LogP contribution in [0.2, 0.25) is 0 Å². The first-order valence-corrected chi connectivity index (χ1v) is 7.89. The Morgan fingerprint density at radius 1 is 1.43 bits per heavy atom. The predicted octanol–water partition coefficient (Wildman–Crippen LogP) is 4.42. The van der Waals surface area contributed by atoms with Crippen LogP contribution in [-0.4, -0.2) is 6.54 Å². The Hall–Kier alpha value is -1.33. The third-order valence-corrected chi connectivity index (χ3v) is 4.57. The molecule has 1 aliphatic carbocycles. The van der Waals surface area contributed by atoms with Gasteiger partial charge < -0.3 is 15.5 Å². The molecule has 0 amide bonds. The summed E-state index contributed by atoms with van der Waals surface area (Å²) >= 11 is 3.18. The van der Waals surface area contributed by atoms with Gasteiger partial charge in [-0.25, -0.2) is 4.39 Å². The molecule has 3 nitrogen and oxygen atoms in total. The summed E-state index contributed by atoms with van der Waals surface area (Å²) in [5.41, 5.74) is 6.64. The molecule has 1 aromatic heterocycles. The van der Waals surface area contributed by atoms with E-state index < -0.39 is 0 Å². The molecule has 0 saturated heterocycles. The number of hydrogen-bond acceptors (Lipinski definition) is 3. The van der Waals surface area contributed by atoms with Crippen LogP contribution in [0.1, 0.15) is 36.8 Å². The normalized spacial score (nSPS) is 22.1. The lowest BCUT2D eigenvalue weighted by Gasteiger charge is -2.16. The van der Waals surface area contributed by atoms with E-state index in [1.165, 1.54) is 12.5 Å². The summed E-state index contributed by atoms with van der Waals surface area (Å²) in [6, 6.07) is 8.70. The molecule has 112 valence electrons. The molecule has 21 heavy (non-hydrogen) atoms. The minimum absolute atomic E-state index is 0.120. The van der Waals surface area contributed by atoms with Crippen molar-refractivity contribution in [3.63, 3.8) is 0 Å². The second-order valence-corrected chi connectivity index (χ2v) is 6.48. The van der Waals surface area contributed by atoms with Gasteiger partial charge in [-0.2, -0.15) is 0 Å². The van der Waals surface area contributed by atoms with Gasteiger partial charge in [0.25, 0.3) is 0 Å². The lowest BCUT2D eigenvalue weighted by molar-refractivity contribution is 0.441. The van der Waals surface area contributed by atoms with Crippen LogP contribution in [-0.2, 0) is 0 Å². The molecule has 0 bridgehead atoms. The van der Waals surface area contributed by atoms with Gasteiger partial charge in [-0.1, -0.05) is 6.92 Å². The molecule has 3 unspecified atom stereocenters. The molecule has 1 saturated carbocycles. The number of halogens is 2. The molecule has 3 atom stereocenters. The summed E-state index contributed by atoms with van der Waals surface area (Å²) in [5, 5.41) is 3.28. The van der Waals surface area contributed by atoms with Crippen LogP contribution >= 0.6 is 15.9 Å². The Kier molecular flexibility index (Phi) is 4.04. The van der Waals surface area contributed by atoms with E-state index in [0.29, 0.717) is 22.9 Å². The quantitative estimate of drug-likeness (QED) is 0.837. The predicted molar refractivity (Wildman–Crippen MR) is 84.7 cm³/mol. The molecule has 0 spiro atoms. The Balaban J connectivity index is 1.75. The van der Waals surface area contributed by atoms with Crippen molar-refractivity contribution in [2.24, 2.45) is 11.7 Å². The highest BCUT2D eigenvalue weighted by atomic mass is 79.9. The zero-order valence-electron chi connectivity index (χ0n) is 11.8. The SMILES string of the molecule is CC1CC1c1ccc(C(CN)Nc2ccc(F)c(Br)c2)o1. The van der Waals surface area contributed by atoms with Crippen LogP contribution < -0.4 is 11.1 Å². The largest absolute Gasteiger partial charge is 0.464 e. The van der Waals surface area contributed by atoms with E-state index in [1.54, 1.807) is 12.1 Å². The van der Waals surface area contributed by atoms with Gasteiger partial charge in [0.15, 0.2) is 0 Å². The molecule has 2 aromatic rings. The molecule has 0 aliphatic heterocycles. The van der Waals surface area contributed by atoms with Gasteiger partial charge in [-0.05, 0) is 58.6 Å². The zero-order chi connectivity index (χ0) is 15.0. The third kappa shape index (κ3) is 3.14. The number of benzene rings is 1. The van der Waals surface area contributed by atoms with Crippen molar-refractivity contribution >= 4 is 21.6 Å². The Labute approximate surface area is 131 Å². The number of nitrogens with two attached hydrogens (primary N) is 1. The van der Waals surface area contributed by atoms with E-state index in [0.717, 1.165) is 17.2 Å². The molecular formula is C16H18BrFN2O. The summed E-state index contributed by atoms with van der Waals surface area (Å²) in [7, 11) is 0. The second kappa shape index (κ2) is 5.81. The van der Waals surface area contributed by atoms with Crippen molar-refractivity contribution in [2.75, 3.05) is 11.9 Å². The maximum absolute atomic E-state index is 13.3. The van der Waals surface area contributed by atoms with E-state index in [4.69, 9.17) is 10.2 Å². The van der Waals surface area contributed by atoms with Crippen LogP contribution in [0.3, 0.4) is 0 Å². The van der Waals surface area contributed by atoms with Gasteiger partial charge in [0.05, 0.1) is 10.5 Å². The van der Waals surface area contributed by atoms with Crippen LogP contribution in [0.15, 0.2) is 39.2 Å². The summed E-state index contributed by atoms with van der Waals surface area (Å²) in [6.07, 6.45) is 1.19. The van der Waals surface area contributed by atoms with Crippen LogP contribution in [0.4, 0.5) is 10.1 Å². The van der Waals surface area contributed by atoms with Crippen LogP contribution in [0, 0.1) is 11.7 Å². The van der Waals surface area contributed by atoms with E-state index in [1.807, 2.05) is 12.1 Å². The lowest BCUT2D eigenvalue weighted by atomic mass is 10.2. The highest BCUT2D eigenvalue weighted by Crippen LogP contribution is 2.47. The molecular weight excluding hydrogens is 335 g/mol. The summed E-state index contributed by atoms with van der Waals surface area (Å²) in [5.74, 6) is 2.84. The van der Waals surface area contributed by atoms with Gasteiger partial charge in [0, 0.05) is 18.2 Å². The van der Waals surface area contributed by atoms with Crippen molar-refractivity contribution < 1.29 is 8.81 Å². The minimum Gasteiger partial charge on any atom is -0.464 e. The molecule has 0 radical (unpaired) electrons. The standard InChI is InChI=1S/C16H18BrFN2O/c1-9-6-11(9)15-4-5-16(21-15)14(8-19)20-10-2-3-13(18)12(17)7-10/h2-5,7,9,11,14,20H,6,8,19H2,1H3. The van der Waals surface area contributed by atoms with Crippen LogP contribution in [0.25, 0.3) is 0 Å². The second-order valence-electron chi connectivity index (χ2n) is 5.62. The smallest absolute Gasteiger partial charge is 0.137 e. The first-order valence-electron chi connectivity index (χ1n) is 7.09. The molecule has 3 rings (SSSR count). The van der Waals surface area contributed by atoms with Gasteiger partial charge in [0.1, 0.15) is 17.3 Å². The summed E-state index contributed by atoms with van der Waals surface area (Å²) < 4.78 is 19.6. The van der Waals surface area contributed by atoms with Gasteiger partial charge in [-0.3, -0.25) is 0 Å². The Morgan fingerprint density at radius 3 is 2.81 bits per heavy atom. The summed E-state index contributed by atoms with van der Waals surface area (Å²) in [6.45, 7) is 2.63. The van der Waals surface area contributed by atoms with E-state index in [9.17, 15) is 4.39 Å². The fourth-order valence-electron chi connectivity index (χ4n) is 2.51. The van der Waals surface area contributed by atoms with Crippen molar-refractivity contribution in [3.8, 4) is 0 Å². The Bertz CT molecular complexity index is 643. The average molecular weight is 353 g/mol. The first kappa shape index (κ1) is 14.6. The maximum atomic E-state index is 13.3. The first-order chi connectivity index (χ1) is 10.1. The van der Waals surface area contributed by atoms with Crippen LogP contribution in [0.5, 0.6) is 0 Å². The molecule has 1 fully saturated rings. The monoisotopic (exact) mass is 352 g/mol. The fourth-order valence-corrected chi connectivity index (χ4v) is 2.89. The Morgan fingerprint density at radius 2 is 2.19 bits per heavy atom. The zero-order valence-corrected chi connectivity index (χ0v) is 13.4. The highest BCUT2D eigenvalue weighted by Gasteiger charge is 2.36. The number of nitrogens with one attached hydrogen (secondary N) is 1. The number of hydrogen-bond donors (Lipinski definition) is 2. The maximum Gasteiger partial charge on any atom is 0.137 e. The lowest BCUT2D eigenvalue weighted by Crippen LogP contribution is -2.20. The van der Waals surface area contributed by atoms with Crippen molar-refractivity contribution in [3.05, 3.63) is 52.1 Å². The average Bonchev–Trinajstić information content (AvgIpc) is 3.01. The van der Waals surface area contributed by atoms with Crippen molar-refractivity contribution in [1.29, 1.82) is 0 Å². The van der Waals surface area contributed by atoms with Crippen molar-refractivity contribution in [2.45, 2.75) is 25.3 Å². The fraction of sp³-hybridized carbons (Fsp3) is 0.375. The molecule has 1 heterocycles. The van der Waals surface area contributed by atoms with Crippen molar-refractivity contribution in [1.82, 2.24) is 0 Å². The molecule has 1 aliphatic rings. The molecule has 1 aromatic carbocycles. The van der Waals surface area contributed by atoms with E-state index >= 15 is 0 Å². The van der Waals surface area contributed by atoms with Gasteiger partial charge >= 0.3 is 0 Å². The minimum atomic E-state index is -0.284. The number of furan rings is 1. The van der Waals surface area contributed by atoms with E-state index in [-0.39, 0.29) is 11.9 Å².